The highest BCUT2D eigenvalue weighted by molar-refractivity contribution is 5.69. The van der Waals surface area contributed by atoms with E-state index >= 15 is 0 Å². The van der Waals surface area contributed by atoms with E-state index in [1.165, 1.54) is 32.4 Å². The predicted octanol–water partition coefficient (Wildman–Crippen LogP) is 2.14. The zero-order chi connectivity index (χ0) is 13.0. The number of nitrogens with zero attached hydrogens (tertiary/aromatic N) is 1. The van der Waals surface area contributed by atoms with Crippen molar-refractivity contribution in [1.29, 1.82) is 0 Å². The van der Waals surface area contributed by atoms with Crippen molar-refractivity contribution < 1.29 is 0 Å². The number of piperidine rings is 1. The molecule has 1 aromatic rings. The van der Waals surface area contributed by atoms with Gasteiger partial charge in [-0.2, -0.15) is 0 Å². The molecule has 0 bridgehead atoms. The van der Waals surface area contributed by atoms with Crippen molar-refractivity contribution in [3.05, 3.63) is 18.2 Å². The van der Waals surface area contributed by atoms with Gasteiger partial charge in [0, 0.05) is 18.3 Å². The van der Waals surface area contributed by atoms with Crippen LogP contribution in [0.15, 0.2) is 18.2 Å². The Balaban J connectivity index is 1.84. The minimum atomic E-state index is 0.559. The van der Waals surface area contributed by atoms with E-state index in [1.807, 2.05) is 18.2 Å². The minimum absolute atomic E-state index is 0.559. The van der Waals surface area contributed by atoms with E-state index in [0.29, 0.717) is 17.4 Å². The monoisotopic (exact) mass is 248 g/mol. The summed E-state index contributed by atoms with van der Waals surface area (Å²) in [6.07, 6.45) is 4.05. The summed E-state index contributed by atoms with van der Waals surface area (Å²) in [5, 5.41) is 3.43. The lowest BCUT2D eigenvalue weighted by Gasteiger charge is -2.32. The molecule has 0 aliphatic carbocycles. The lowest BCUT2D eigenvalue weighted by Crippen LogP contribution is -2.41. The molecule has 1 aliphatic heterocycles. The van der Waals surface area contributed by atoms with Crippen LogP contribution in [-0.2, 0) is 0 Å². The van der Waals surface area contributed by atoms with Crippen molar-refractivity contribution in [2.45, 2.75) is 32.2 Å². The van der Waals surface area contributed by atoms with Crippen molar-refractivity contribution in [2.75, 3.05) is 36.4 Å². The van der Waals surface area contributed by atoms with Gasteiger partial charge in [-0.1, -0.05) is 6.42 Å². The summed E-state index contributed by atoms with van der Waals surface area (Å²) < 4.78 is 0. The third-order valence-corrected chi connectivity index (χ3v) is 3.70. The molecular formula is C14H24N4. The zero-order valence-electron chi connectivity index (χ0n) is 11.2. The fraction of sp³-hybridized carbons (Fsp3) is 0.571. The van der Waals surface area contributed by atoms with Crippen LogP contribution in [0.1, 0.15) is 26.2 Å². The lowest BCUT2D eigenvalue weighted by molar-refractivity contribution is 0.180. The lowest BCUT2D eigenvalue weighted by atomic mass is 10.1. The van der Waals surface area contributed by atoms with Gasteiger partial charge in [-0.05, 0) is 51.1 Å². The van der Waals surface area contributed by atoms with Crippen LogP contribution in [0, 0.1) is 0 Å². The maximum absolute atomic E-state index is 5.79. The number of anilines is 3. The molecule has 100 valence electrons. The molecule has 1 atom stereocenters. The predicted molar refractivity (Wildman–Crippen MR) is 78.6 cm³/mol. The summed E-state index contributed by atoms with van der Waals surface area (Å²) in [4.78, 5) is 2.55. The highest BCUT2D eigenvalue weighted by Gasteiger charge is 2.16. The molecule has 2 rings (SSSR count). The SMILES string of the molecule is CC(CNc1ccc(N)c(N)c1)N1CCCCC1. The maximum atomic E-state index is 5.79. The Morgan fingerprint density at radius 3 is 2.56 bits per heavy atom. The van der Waals surface area contributed by atoms with Crippen LogP contribution >= 0.6 is 0 Å². The van der Waals surface area contributed by atoms with Crippen LogP contribution in [0.4, 0.5) is 17.1 Å². The highest BCUT2D eigenvalue weighted by Crippen LogP contribution is 2.20. The van der Waals surface area contributed by atoms with Gasteiger partial charge in [0.2, 0.25) is 0 Å². The molecule has 0 spiro atoms. The first-order valence-corrected chi connectivity index (χ1v) is 6.80. The summed E-state index contributed by atoms with van der Waals surface area (Å²) in [6.45, 7) is 5.68. The first-order chi connectivity index (χ1) is 8.66. The number of nitrogens with one attached hydrogen (secondary N) is 1. The van der Waals surface area contributed by atoms with Crippen molar-refractivity contribution in [1.82, 2.24) is 4.90 Å². The number of likely N-dealkylation sites (tertiary alicyclic amines) is 1. The first-order valence-electron chi connectivity index (χ1n) is 6.80. The molecule has 0 radical (unpaired) electrons. The van der Waals surface area contributed by atoms with Crippen molar-refractivity contribution in [3.8, 4) is 0 Å². The Morgan fingerprint density at radius 1 is 1.17 bits per heavy atom. The summed E-state index contributed by atoms with van der Waals surface area (Å²) in [5.74, 6) is 0. The molecule has 0 aromatic heterocycles. The van der Waals surface area contributed by atoms with Crippen LogP contribution in [0.3, 0.4) is 0 Å². The van der Waals surface area contributed by atoms with Crippen LogP contribution in [0.5, 0.6) is 0 Å². The maximum Gasteiger partial charge on any atom is 0.0568 e. The van der Waals surface area contributed by atoms with Gasteiger partial charge >= 0.3 is 0 Å². The molecule has 1 fully saturated rings. The zero-order valence-corrected chi connectivity index (χ0v) is 11.2. The van der Waals surface area contributed by atoms with Crippen LogP contribution in [-0.4, -0.2) is 30.6 Å². The summed E-state index contributed by atoms with van der Waals surface area (Å²) in [7, 11) is 0. The molecule has 0 saturated carbocycles. The number of benzene rings is 1. The largest absolute Gasteiger partial charge is 0.397 e. The fourth-order valence-corrected chi connectivity index (χ4v) is 2.44. The van der Waals surface area contributed by atoms with Gasteiger partial charge in [0.25, 0.3) is 0 Å². The Kier molecular flexibility index (Phi) is 4.31. The second-order valence-corrected chi connectivity index (χ2v) is 5.17. The fourth-order valence-electron chi connectivity index (χ4n) is 2.44. The number of hydrogen-bond donors (Lipinski definition) is 3. The average molecular weight is 248 g/mol. The smallest absolute Gasteiger partial charge is 0.0568 e. The van der Waals surface area contributed by atoms with Crippen molar-refractivity contribution in [3.63, 3.8) is 0 Å². The topological polar surface area (TPSA) is 67.3 Å². The summed E-state index contributed by atoms with van der Waals surface area (Å²) in [5.41, 5.74) is 13.8. The molecule has 18 heavy (non-hydrogen) atoms. The molecule has 1 saturated heterocycles. The number of nitrogen functional groups attached to an aromatic ring is 2. The van der Waals surface area contributed by atoms with E-state index < -0.39 is 0 Å². The van der Waals surface area contributed by atoms with E-state index in [1.54, 1.807) is 0 Å². The third-order valence-electron chi connectivity index (χ3n) is 3.70. The second-order valence-electron chi connectivity index (χ2n) is 5.17. The number of rotatable bonds is 4. The van der Waals surface area contributed by atoms with Crippen molar-refractivity contribution >= 4 is 17.1 Å². The van der Waals surface area contributed by atoms with E-state index in [2.05, 4.69) is 17.1 Å². The quantitative estimate of drug-likeness (QED) is 0.714. The van der Waals surface area contributed by atoms with Crippen LogP contribution in [0.2, 0.25) is 0 Å². The molecule has 1 heterocycles. The summed E-state index contributed by atoms with van der Waals surface area (Å²) in [6, 6.07) is 6.29. The molecule has 1 aliphatic rings. The average Bonchev–Trinajstić information content (AvgIpc) is 2.41. The van der Waals surface area contributed by atoms with Gasteiger partial charge < -0.3 is 16.8 Å². The van der Waals surface area contributed by atoms with E-state index in [9.17, 15) is 0 Å². The Morgan fingerprint density at radius 2 is 1.89 bits per heavy atom. The van der Waals surface area contributed by atoms with E-state index in [4.69, 9.17) is 11.5 Å². The second kappa shape index (κ2) is 5.96. The van der Waals surface area contributed by atoms with Gasteiger partial charge in [0.15, 0.2) is 0 Å². The molecule has 0 amide bonds. The van der Waals surface area contributed by atoms with Gasteiger partial charge in [-0.15, -0.1) is 0 Å². The van der Waals surface area contributed by atoms with E-state index in [-0.39, 0.29) is 0 Å². The Bertz CT molecular complexity index is 385. The summed E-state index contributed by atoms with van der Waals surface area (Å²) >= 11 is 0. The highest BCUT2D eigenvalue weighted by atomic mass is 15.2. The van der Waals surface area contributed by atoms with Gasteiger partial charge in [0.05, 0.1) is 11.4 Å². The van der Waals surface area contributed by atoms with E-state index in [0.717, 1.165) is 12.2 Å². The molecular weight excluding hydrogens is 224 g/mol. The van der Waals surface area contributed by atoms with Crippen LogP contribution < -0.4 is 16.8 Å². The van der Waals surface area contributed by atoms with Gasteiger partial charge in [-0.3, -0.25) is 4.90 Å². The first kappa shape index (κ1) is 13.0. The standard InChI is InChI=1S/C14H24N4/c1-11(18-7-3-2-4-8-18)10-17-12-5-6-13(15)14(16)9-12/h5-6,9,11,17H,2-4,7-8,10,15-16H2,1H3. The normalized spacial score (nSPS) is 18.5. The molecule has 1 aromatic carbocycles. The van der Waals surface area contributed by atoms with Gasteiger partial charge in [-0.25, -0.2) is 0 Å². The van der Waals surface area contributed by atoms with Crippen molar-refractivity contribution in [2.24, 2.45) is 0 Å². The Labute approximate surface area is 109 Å². The number of nitrogens with two attached hydrogens (primary N) is 2. The van der Waals surface area contributed by atoms with Crippen LogP contribution in [0.25, 0.3) is 0 Å². The minimum Gasteiger partial charge on any atom is -0.397 e. The molecule has 5 N–H and O–H groups in total. The Hall–Kier alpha value is -1.42. The molecule has 4 nitrogen and oxygen atoms in total. The number of hydrogen-bond acceptors (Lipinski definition) is 4. The van der Waals surface area contributed by atoms with Gasteiger partial charge in [0.1, 0.15) is 0 Å². The molecule has 4 heteroatoms. The molecule has 1 unspecified atom stereocenters. The third kappa shape index (κ3) is 3.29.